The molecule has 2 rings (SSSR count). The third-order valence-electron chi connectivity index (χ3n) is 3.85. The van der Waals surface area contributed by atoms with Crippen molar-refractivity contribution >= 4 is 42.3 Å². The number of amides is 1. The van der Waals surface area contributed by atoms with Crippen molar-refractivity contribution in [3.63, 3.8) is 0 Å². The molecule has 0 bridgehead atoms. The van der Waals surface area contributed by atoms with E-state index in [4.69, 9.17) is 22.1 Å². The molecule has 0 saturated carbocycles. The first-order valence-electron chi connectivity index (χ1n) is 7.44. The highest BCUT2D eigenvalue weighted by molar-refractivity contribution is 6.30. The number of benzene rings is 1. The SMILES string of the molecule is COc1ccc(Cl)cc1CN1CCN(C(=O)C(C)(C)N)CC1.Cl.Cl. The summed E-state index contributed by atoms with van der Waals surface area (Å²) in [5.41, 5.74) is 6.14. The van der Waals surface area contributed by atoms with E-state index in [0.717, 1.165) is 30.9 Å². The first-order valence-corrected chi connectivity index (χ1v) is 7.82. The summed E-state index contributed by atoms with van der Waals surface area (Å²) < 4.78 is 5.38. The lowest BCUT2D eigenvalue weighted by atomic mass is 10.0. The van der Waals surface area contributed by atoms with E-state index in [1.165, 1.54) is 0 Å². The molecular weight excluding hydrogens is 373 g/mol. The first-order chi connectivity index (χ1) is 10.3. The number of rotatable bonds is 4. The van der Waals surface area contributed by atoms with Crippen LogP contribution in [0.3, 0.4) is 0 Å². The number of carbonyl (C=O) groups is 1. The van der Waals surface area contributed by atoms with Gasteiger partial charge < -0.3 is 15.4 Å². The number of ether oxygens (including phenoxy) is 1. The fourth-order valence-electron chi connectivity index (χ4n) is 2.63. The van der Waals surface area contributed by atoms with Crippen LogP contribution in [0.5, 0.6) is 5.75 Å². The van der Waals surface area contributed by atoms with Crippen LogP contribution in [0.4, 0.5) is 0 Å². The normalized spacial score (nSPS) is 15.3. The fourth-order valence-corrected chi connectivity index (χ4v) is 2.82. The van der Waals surface area contributed by atoms with Gasteiger partial charge in [-0.2, -0.15) is 0 Å². The molecule has 5 nitrogen and oxygen atoms in total. The van der Waals surface area contributed by atoms with Gasteiger partial charge in [-0.1, -0.05) is 11.6 Å². The Labute approximate surface area is 161 Å². The summed E-state index contributed by atoms with van der Waals surface area (Å²) in [5.74, 6) is 0.846. The number of nitrogens with two attached hydrogens (primary N) is 1. The largest absolute Gasteiger partial charge is 0.496 e. The van der Waals surface area contributed by atoms with Gasteiger partial charge in [-0.05, 0) is 32.0 Å². The summed E-state index contributed by atoms with van der Waals surface area (Å²) in [6.07, 6.45) is 0. The minimum atomic E-state index is -0.807. The molecule has 1 aliphatic rings. The smallest absolute Gasteiger partial charge is 0.242 e. The zero-order valence-corrected chi connectivity index (χ0v) is 16.6. The molecule has 0 spiro atoms. The van der Waals surface area contributed by atoms with E-state index < -0.39 is 5.54 Å². The van der Waals surface area contributed by atoms with Gasteiger partial charge in [0, 0.05) is 43.3 Å². The Morgan fingerprint density at radius 2 is 1.83 bits per heavy atom. The average molecular weight is 399 g/mol. The van der Waals surface area contributed by atoms with Crippen molar-refractivity contribution in [2.45, 2.75) is 25.9 Å². The molecule has 24 heavy (non-hydrogen) atoms. The Kier molecular flexibility index (Phi) is 9.39. The number of hydrogen-bond donors (Lipinski definition) is 1. The predicted molar refractivity (Wildman–Crippen MR) is 103 cm³/mol. The zero-order chi connectivity index (χ0) is 16.3. The van der Waals surface area contributed by atoms with Gasteiger partial charge >= 0.3 is 0 Å². The van der Waals surface area contributed by atoms with Crippen molar-refractivity contribution in [2.24, 2.45) is 5.73 Å². The molecule has 1 amide bonds. The van der Waals surface area contributed by atoms with E-state index in [2.05, 4.69) is 4.90 Å². The van der Waals surface area contributed by atoms with E-state index in [9.17, 15) is 4.79 Å². The average Bonchev–Trinajstić information content (AvgIpc) is 2.46. The molecule has 0 atom stereocenters. The standard InChI is InChI=1S/C16H24ClN3O2.2ClH/c1-16(2,18)15(21)20-8-6-19(7-9-20)11-12-10-13(17)4-5-14(12)22-3;;/h4-5,10H,6-9,11,18H2,1-3H3;2*1H. The quantitative estimate of drug-likeness (QED) is 0.847. The predicted octanol–water partition coefficient (Wildman–Crippen LogP) is 2.57. The van der Waals surface area contributed by atoms with Crippen LogP contribution in [0.2, 0.25) is 5.02 Å². The third-order valence-corrected chi connectivity index (χ3v) is 4.08. The van der Waals surface area contributed by atoms with Crippen LogP contribution in [0.15, 0.2) is 18.2 Å². The van der Waals surface area contributed by atoms with Gasteiger partial charge in [0.25, 0.3) is 0 Å². The highest BCUT2D eigenvalue weighted by Gasteiger charge is 2.30. The number of methoxy groups -OCH3 is 1. The van der Waals surface area contributed by atoms with Crippen molar-refractivity contribution in [2.75, 3.05) is 33.3 Å². The van der Waals surface area contributed by atoms with Crippen LogP contribution in [-0.4, -0.2) is 54.5 Å². The molecule has 1 fully saturated rings. The second-order valence-electron chi connectivity index (χ2n) is 6.25. The molecular formula is C16H26Cl3N3O2. The second-order valence-corrected chi connectivity index (χ2v) is 6.68. The molecule has 138 valence electrons. The van der Waals surface area contributed by atoms with Crippen molar-refractivity contribution in [1.82, 2.24) is 9.80 Å². The van der Waals surface area contributed by atoms with Gasteiger partial charge in [0.2, 0.25) is 5.91 Å². The Morgan fingerprint density at radius 1 is 1.25 bits per heavy atom. The zero-order valence-electron chi connectivity index (χ0n) is 14.3. The second kappa shape index (κ2) is 9.68. The van der Waals surface area contributed by atoms with E-state index in [-0.39, 0.29) is 30.7 Å². The molecule has 0 aliphatic carbocycles. The maximum Gasteiger partial charge on any atom is 0.242 e. The van der Waals surface area contributed by atoms with E-state index in [0.29, 0.717) is 18.1 Å². The molecule has 8 heteroatoms. The minimum absolute atomic E-state index is 0. The Morgan fingerprint density at radius 3 is 2.33 bits per heavy atom. The Balaban J connectivity index is 0.00000264. The van der Waals surface area contributed by atoms with Crippen LogP contribution >= 0.6 is 36.4 Å². The molecule has 1 saturated heterocycles. The molecule has 0 unspecified atom stereocenters. The van der Waals surface area contributed by atoms with Crippen molar-refractivity contribution in [3.8, 4) is 5.75 Å². The molecule has 0 aromatic heterocycles. The van der Waals surface area contributed by atoms with Crippen LogP contribution in [-0.2, 0) is 11.3 Å². The van der Waals surface area contributed by atoms with Crippen LogP contribution in [0.1, 0.15) is 19.4 Å². The van der Waals surface area contributed by atoms with Gasteiger partial charge in [0.1, 0.15) is 5.75 Å². The highest BCUT2D eigenvalue weighted by atomic mass is 35.5. The van der Waals surface area contributed by atoms with Crippen molar-refractivity contribution < 1.29 is 9.53 Å². The lowest BCUT2D eigenvalue weighted by Crippen LogP contribution is -2.56. The lowest BCUT2D eigenvalue weighted by Gasteiger charge is -2.37. The molecule has 1 aliphatic heterocycles. The monoisotopic (exact) mass is 397 g/mol. The Bertz CT molecular complexity index is 542. The maximum atomic E-state index is 12.2. The number of halogens is 3. The summed E-state index contributed by atoms with van der Waals surface area (Å²) in [7, 11) is 1.66. The topological polar surface area (TPSA) is 58.8 Å². The van der Waals surface area contributed by atoms with Gasteiger partial charge in [0.05, 0.1) is 12.6 Å². The summed E-state index contributed by atoms with van der Waals surface area (Å²) in [4.78, 5) is 16.3. The van der Waals surface area contributed by atoms with Gasteiger partial charge in [-0.25, -0.2) is 0 Å². The molecule has 2 N–H and O–H groups in total. The lowest BCUT2D eigenvalue weighted by molar-refractivity contribution is -0.137. The number of carbonyl (C=O) groups excluding carboxylic acids is 1. The van der Waals surface area contributed by atoms with E-state index in [1.807, 2.05) is 23.1 Å². The summed E-state index contributed by atoms with van der Waals surface area (Å²) in [5, 5.41) is 0.703. The summed E-state index contributed by atoms with van der Waals surface area (Å²) in [6, 6.07) is 5.64. The number of nitrogens with zero attached hydrogens (tertiary/aromatic N) is 2. The molecule has 1 aromatic carbocycles. The maximum absolute atomic E-state index is 12.2. The molecule has 1 aromatic rings. The Hall–Kier alpha value is -0.720. The number of hydrogen-bond acceptors (Lipinski definition) is 4. The summed E-state index contributed by atoms with van der Waals surface area (Å²) >= 11 is 6.07. The van der Waals surface area contributed by atoms with Crippen LogP contribution in [0, 0.1) is 0 Å². The van der Waals surface area contributed by atoms with Crippen molar-refractivity contribution in [1.29, 1.82) is 0 Å². The van der Waals surface area contributed by atoms with Crippen molar-refractivity contribution in [3.05, 3.63) is 28.8 Å². The number of piperazine rings is 1. The third kappa shape index (κ3) is 5.97. The molecule has 0 radical (unpaired) electrons. The van der Waals surface area contributed by atoms with Crippen LogP contribution < -0.4 is 10.5 Å². The minimum Gasteiger partial charge on any atom is -0.496 e. The summed E-state index contributed by atoms with van der Waals surface area (Å²) in [6.45, 7) is 7.29. The molecule has 1 heterocycles. The van der Waals surface area contributed by atoms with Crippen LogP contribution in [0.25, 0.3) is 0 Å². The highest BCUT2D eigenvalue weighted by Crippen LogP contribution is 2.24. The van der Waals surface area contributed by atoms with Gasteiger partial charge in [-0.3, -0.25) is 9.69 Å². The van der Waals surface area contributed by atoms with E-state index in [1.54, 1.807) is 21.0 Å². The fraction of sp³-hybridized carbons (Fsp3) is 0.562. The van der Waals surface area contributed by atoms with Gasteiger partial charge in [-0.15, -0.1) is 24.8 Å². The van der Waals surface area contributed by atoms with Gasteiger partial charge in [0.15, 0.2) is 0 Å². The van der Waals surface area contributed by atoms with E-state index >= 15 is 0 Å². The first kappa shape index (κ1) is 23.3.